The average molecular weight is 334 g/mol. The van der Waals surface area contributed by atoms with Gasteiger partial charge in [-0.2, -0.15) is 0 Å². The molecule has 1 amide bonds. The Morgan fingerprint density at radius 1 is 1.00 bits per heavy atom. The van der Waals surface area contributed by atoms with E-state index in [2.05, 4.69) is 41.1 Å². The number of piperazine rings is 1. The van der Waals surface area contributed by atoms with Crippen LogP contribution >= 0.6 is 0 Å². The van der Waals surface area contributed by atoms with Crippen molar-refractivity contribution >= 4 is 11.6 Å². The topological polar surface area (TPSA) is 35.6 Å². The number of carbonyl (C=O) groups is 1. The number of carbonyl (C=O) groups excluding carboxylic acids is 1. The van der Waals surface area contributed by atoms with Crippen molar-refractivity contribution in [2.24, 2.45) is 5.92 Å². The fourth-order valence-corrected chi connectivity index (χ4v) is 2.87. The van der Waals surface area contributed by atoms with E-state index in [9.17, 15) is 4.79 Å². The number of benzene rings is 1. The van der Waals surface area contributed by atoms with E-state index in [-0.39, 0.29) is 11.9 Å². The maximum absolute atomic E-state index is 12.0. The van der Waals surface area contributed by atoms with Crippen LogP contribution in [0.15, 0.2) is 24.3 Å². The first-order valence-corrected chi connectivity index (χ1v) is 9.34. The summed E-state index contributed by atoms with van der Waals surface area (Å²) in [4.78, 5) is 16.9. The highest BCUT2D eigenvalue weighted by molar-refractivity contribution is 5.94. The molecule has 0 bridgehead atoms. The van der Waals surface area contributed by atoms with Crippen LogP contribution in [0.1, 0.15) is 51.9 Å². The zero-order valence-corrected chi connectivity index (χ0v) is 16.3. The molecule has 1 N–H and O–H groups in total. The molecule has 0 aromatic heterocycles. The lowest BCUT2D eigenvalue weighted by molar-refractivity contribution is 0.0943. The van der Waals surface area contributed by atoms with Crippen molar-refractivity contribution < 1.29 is 4.79 Å². The standard InChI is InChI=1S/C18H29N3O.C2H6/c1-14(2)13-20-9-11-21(12-10-20)17-7-5-16(6-8-17)18(22)19-15(3)4;1-2/h5-8,14-15H,9-13H2,1-4H3,(H,19,22);1-2H3. The van der Waals surface area contributed by atoms with Crippen LogP contribution in [0.3, 0.4) is 0 Å². The molecule has 0 radical (unpaired) electrons. The summed E-state index contributed by atoms with van der Waals surface area (Å²) in [5, 5.41) is 2.92. The zero-order valence-electron chi connectivity index (χ0n) is 16.3. The van der Waals surface area contributed by atoms with E-state index >= 15 is 0 Å². The fraction of sp³-hybridized carbons (Fsp3) is 0.650. The van der Waals surface area contributed by atoms with Crippen molar-refractivity contribution in [2.45, 2.75) is 47.6 Å². The number of hydrogen-bond acceptors (Lipinski definition) is 3. The number of nitrogens with zero attached hydrogens (tertiary/aromatic N) is 2. The lowest BCUT2D eigenvalue weighted by Gasteiger charge is -2.36. The van der Waals surface area contributed by atoms with E-state index in [1.165, 1.54) is 12.2 Å². The third-order valence-electron chi connectivity index (χ3n) is 3.91. The van der Waals surface area contributed by atoms with E-state index in [1.54, 1.807) is 0 Å². The Bertz CT molecular complexity index is 474. The van der Waals surface area contributed by atoms with Crippen molar-refractivity contribution in [3.63, 3.8) is 0 Å². The molecular weight excluding hydrogens is 298 g/mol. The molecule has 1 aromatic carbocycles. The monoisotopic (exact) mass is 333 g/mol. The molecule has 0 atom stereocenters. The summed E-state index contributed by atoms with van der Waals surface area (Å²) >= 11 is 0. The largest absolute Gasteiger partial charge is 0.369 e. The number of hydrogen-bond donors (Lipinski definition) is 1. The van der Waals surface area contributed by atoms with Gasteiger partial charge in [0.15, 0.2) is 0 Å². The molecule has 1 aliphatic heterocycles. The average Bonchev–Trinajstić information content (AvgIpc) is 2.56. The second-order valence-corrected chi connectivity index (χ2v) is 6.86. The lowest BCUT2D eigenvalue weighted by Crippen LogP contribution is -2.47. The summed E-state index contributed by atoms with van der Waals surface area (Å²) in [5.41, 5.74) is 1.95. The fourth-order valence-electron chi connectivity index (χ4n) is 2.87. The summed E-state index contributed by atoms with van der Waals surface area (Å²) in [6.07, 6.45) is 0. The smallest absolute Gasteiger partial charge is 0.251 e. The highest BCUT2D eigenvalue weighted by Gasteiger charge is 2.18. The van der Waals surface area contributed by atoms with E-state index in [1.807, 2.05) is 39.8 Å². The van der Waals surface area contributed by atoms with Crippen LogP contribution in [-0.2, 0) is 0 Å². The maximum Gasteiger partial charge on any atom is 0.251 e. The molecule has 0 unspecified atom stereocenters. The number of rotatable bonds is 5. The minimum Gasteiger partial charge on any atom is -0.369 e. The predicted molar refractivity (Wildman–Crippen MR) is 104 cm³/mol. The normalized spacial score (nSPS) is 15.2. The molecule has 4 heteroatoms. The van der Waals surface area contributed by atoms with Crippen molar-refractivity contribution in [2.75, 3.05) is 37.6 Å². The van der Waals surface area contributed by atoms with E-state index in [4.69, 9.17) is 0 Å². The van der Waals surface area contributed by atoms with Crippen molar-refractivity contribution in [1.82, 2.24) is 10.2 Å². The lowest BCUT2D eigenvalue weighted by atomic mass is 10.1. The highest BCUT2D eigenvalue weighted by Crippen LogP contribution is 2.18. The van der Waals surface area contributed by atoms with Crippen LogP contribution in [0.5, 0.6) is 0 Å². The van der Waals surface area contributed by atoms with Gasteiger partial charge in [0.05, 0.1) is 0 Å². The van der Waals surface area contributed by atoms with Gasteiger partial charge in [0.25, 0.3) is 5.91 Å². The Hall–Kier alpha value is -1.55. The van der Waals surface area contributed by atoms with Crippen LogP contribution in [0.25, 0.3) is 0 Å². The molecule has 1 saturated heterocycles. The molecule has 0 spiro atoms. The molecule has 1 aliphatic rings. The molecule has 2 rings (SSSR count). The molecule has 24 heavy (non-hydrogen) atoms. The zero-order chi connectivity index (χ0) is 18.1. The van der Waals surface area contributed by atoms with Crippen molar-refractivity contribution in [3.8, 4) is 0 Å². The van der Waals surface area contributed by atoms with Gasteiger partial charge in [0.1, 0.15) is 0 Å². The Kier molecular flexibility index (Phi) is 8.83. The van der Waals surface area contributed by atoms with Crippen LogP contribution in [0, 0.1) is 5.92 Å². The maximum atomic E-state index is 12.0. The molecule has 1 aromatic rings. The van der Waals surface area contributed by atoms with Crippen LogP contribution in [0.2, 0.25) is 0 Å². The van der Waals surface area contributed by atoms with Crippen LogP contribution in [-0.4, -0.2) is 49.6 Å². The summed E-state index contributed by atoms with van der Waals surface area (Å²) in [7, 11) is 0. The van der Waals surface area contributed by atoms with Gasteiger partial charge in [-0.15, -0.1) is 0 Å². The summed E-state index contributed by atoms with van der Waals surface area (Å²) in [5.74, 6) is 0.730. The van der Waals surface area contributed by atoms with Gasteiger partial charge in [-0.25, -0.2) is 0 Å². The Morgan fingerprint density at radius 3 is 2.00 bits per heavy atom. The molecular formula is C20H35N3O. The second-order valence-electron chi connectivity index (χ2n) is 6.86. The van der Waals surface area contributed by atoms with Gasteiger partial charge < -0.3 is 10.2 Å². The van der Waals surface area contributed by atoms with Gasteiger partial charge in [-0.3, -0.25) is 9.69 Å². The van der Waals surface area contributed by atoms with Gasteiger partial charge in [-0.05, 0) is 44.0 Å². The first kappa shape index (κ1) is 20.5. The minimum absolute atomic E-state index is 0.00306. The van der Waals surface area contributed by atoms with Crippen molar-refractivity contribution in [3.05, 3.63) is 29.8 Å². The Morgan fingerprint density at radius 2 is 1.54 bits per heavy atom. The minimum atomic E-state index is 0.00306. The predicted octanol–water partition coefficient (Wildman–Crippen LogP) is 3.63. The molecule has 1 heterocycles. The number of nitrogens with one attached hydrogen (secondary N) is 1. The second kappa shape index (κ2) is 10.3. The van der Waals surface area contributed by atoms with Gasteiger partial charge in [-0.1, -0.05) is 27.7 Å². The first-order chi connectivity index (χ1) is 11.5. The summed E-state index contributed by atoms with van der Waals surface area (Å²) in [6, 6.07) is 8.14. The van der Waals surface area contributed by atoms with Gasteiger partial charge in [0, 0.05) is 50.0 Å². The Balaban J connectivity index is 0.00000139. The molecule has 4 nitrogen and oxygen atoms in total. The molecule has 136 valence electrons. The van der Waals surface area contributed by atoms with E-state index in [0.29, 0.717) is 0 Å². The number of amides is 1. The summed E-state index contributed by atoms with van der Waals surface area (Å²) < 4.78 is 0. The summed E-state index contributed by atoms with van der Waals surface area (Å²) in [6.45, 7) is 18.0. The highest BCUT2D eigenvalue weighted by atomic mass is 16.1. The van der Waals surface area contributed by atoms with Crippen LogP contribution in [0.4, 0.5) is 5.69 Å². The van der Waals surface area contributed by atoms with Crippen LogP contribution < -0.4 is 10.2 Å². The quantitative estimate of drug-likeness (QED) is 0.894. The first-order valence-electron chi connectivity index (χ1n) is 9.34. The third-order valence-corrected chi connectivity index (χ3v) is 3.91. The molecule has 0 saturated carbocycles. The SMILES string of the molecule is CC.CC(C)CN1CCN(c2ccc(C(=O)NC(C)C)cc2)CC1. The number of anilines is 1. The molecule has 1 fully saturated rings. The van der Waals surface area contributed by atoms with Gasteiger partial charge >= 0.3 is 0 Å². The van der Waals surface area contributed by atoms with E-state index < -0.39 is 0 Å². The molecule has 0 aliphatic carbocycles. The third kappa shape index (κ3) is 6.52. The van der Waals surface area contributed by atoms with Gasteiger partial charge in [0.2, 0.25) is 0 Å². The van der Waals surface area contributed by atoms with E-state index in [0.717, 1.165) is 37.7 Å². The Labute approximate surface area is 148 Å². The van der Waals surface area contributed by atoms with Crippen molar-refractivity contribution in [1.29, 1.82) is 0 Å².